The van der Waals surface area contributed by atoms with Crippen LogP contribution in [0.25, 0.3) is 11.6 Å². The minimum atomic E-state index is -0.915. The van der Waals surface area contributed by atoms with Crippen molar-refractivity contribution in [3.8, 4) is 5.75 Å². The zero-order valence-corrected chi connectivity index (χ0v) is 26.3. The monoisotopic (exact) mass is 618 g/mol. The average molecular weight is 619 g/mol. The summed E-state index contributed by atoms with van der Waals surface area (Å²) in [6, 6.07) is 21.0. The molecule has 1 aromatic heterocycles. The lowest BCUT2D eigenvalue weighted by atomic mass is 9.84. The number of fused-ring (bicyclic) bond motifs is 2. The third-order valence-corrected chi connectivity index (χ3v) is 8.92. The van der Waals surface area contributed by atoms with Crippen LogP contribution >= 0.6 is 11.6 Å². The molecule has 3 aromatic carbocycles. The van der Waals surface area contributed by atoms with Crippen LogP contribution in [0.3, 0.4) is 0 Å². The van der Waals surface area contributed by atoms with Gasteiger partial charge in [-0.3, -0.25) is 4.79 Å². The Labute approximate surface area is 268 Å². The van der Waals surface area contributed by atoms with Crippen molar-refractivity contribution in [1.29, 1.82) is 0 Å². The highest BCUT2D eigenvalue weighted by atomic mass is 35.5. The van der Waals surface area contributed by atoms with Gasteiger partial charge < -0.3 is 25.6 Å². The number of nitrogens with zero attached hydrogens (tertiary/aromatic N) is 3. The molecule has 3 N–H and O–H groups in total. The van der Waals surface area contributed by atoms with E-state index >= 15 is 0 Å². The Morgan fingerprint density at radius 1 is 1.07 bits per heavy atom. The first-order valence-electron chi connectivity index (χ1n) is 15.2. The first kappa shape index (κ1) is 29.1. The van der Waals surface area contributed by atoms with Crippen molar-refractivity contribution in [3.05, 3.63) is 112 Å². The maximum atomic E-state index is 14.3. The second-order valence-electron chi connectivity index (χ2n) is 12.3. The van der Waals surface area contributed by atoms with Gasteiger partial charge >= 0.3 is 0 Å². The van der Waals surface area contributed by atoms with Crippen molar-refractivity contribution in [2.75, 3.05) is 28.6 Å². The van der Waals surface area contributed by atoms with Gasteiger partial charge in [0.15, 0.2) is 5.78 Å². The van der Waals surface area contributed by atoms with Crippen LogP contribution in [0.1, 0.15) is 47.3 Å². The molecule has 1 saturated heterocycles. The van der Waals surface area contributed by atoms with E-state index in [1.54, 1.807) is 12.3 Å². The summed E-state index contributed by atoms with van der Waals surface area (Å²) in [5.74, 6) is 1.46. The number of aromatic nitrogens is 2. The van der Waals surface area contributed by atoms with E-state index in [0.717, 1.165) is 53.1 Å². The SMILES string of the molecule is C=C1C(c2ccc(C)cc2Cl)=Cc2cnc(Nc3ccc(NC4CCNC4)cc3)nc2N1C1C(=O)c2ccccc2OC1(C)C. The Kier molecular flexibility index (Phi) is 7.34. The summed E-state index contributed by atoms with van der Waals surface area (Å²) < 4.78 is 6.47. The van der Waals surface area contributed by atoms with Crippen LogP contribution in [0.2, 0.25) is 5.02 Å². The normalized spacial score (nSPS) is 20.2. The number of rotatable bonds is 6. The molecule has 4 heterocycles. The molecule has 45 heavy (non-hydrogen) atoms. The molecule has 0 aliphatic carbocycles. The molecule has 0 spiro atoms. The molecule has 3 aliphatic rings. The number of ether oxygens (including phenoxy) is 1. The number of hydrogen-bond donors (Lipinski definition) is 3. The summed E-state index contributed by atoms with van der Waals surface area (Å²) in [7, 11) is 0. The van der Waals surface area contributed by atoms with E-state index in [9.17, 15) is 4.79 Å². The maximum absolute atomic E-state index is 14.3. The summed E-state index contributed by atoms with van der Waals surface area (Å²) >= 11 is 6.77. The van der Waals surface area contributed by atoms with Gasteiger partial charge in [0.25, 0.3) is 0 Å². The van der Waals surface area contributed by atoms with Gasteiger partial charge in [0.05, 0.1) is 5.56 Å². The van der Waals surface area contributed by atoms with Gasteiger partial charge in [-0.2, -0.15) is 4.98 Å². The second kappa shape index (κ2) is 11.4. The molecule has 2 atom stereocenters. The lowest BCUT2D eigenvalue weighted by molar-refractivity contribution is 0.0493. The minimum Gasteiger partial charge on any atom is -0.484 e. The van der Waals surface area contributed by atoms with Gasteiger partial charge in [0.1, 0.15) is 23.2 Å². The van der Waals surface area contributed by atoms with E-state index in [4.69, 9.17) is 21.3 Å². The summed E-state index contributed by atoms with van der Waals surface area (Å²) in [4.78, 5) is 25.8. The van der Waals surface area contributed by atoms with Crippen molar-refractivity contribution in [2.24, 2.45) is 0 Å². The first-order chi connectivity index (χ1) is 21.7. The van der Waals surface area contributed by atoms with E-state index in [0.29, 0.717) is 39.8 Å². The highest BCUT2D eigenvalue weighted by Gasteiger charge is 2.49. The van der Waals surface area contributed by atoms with E-state index in [1.165, 1.54) is 0 Å². The molecule has 8 nitrogen and oxygen atoms in total. The number of carbonyl (C=O) groups is 1. The Morgan fingerprint density at radius 3 is 2.60 bits per heavy atom. The zero-order valence-electron chi connectivity index (χ0n) is 25.5. The second-order valence-corrected chi connectivity index (χ2v) is 12.7. The predicted octanol–water partition coefficient (Wildman–Crippen LogP) is 7.25. The number of para-hydroxylation sites is 1. The molecule has 0 bridgehead atoms. The van der Waals surface area contributed by atoms with Gasteiger partial charge in [-0.25, -0.2) is 4.98 Å². The highest BCUT2D eigenvalue weighted by Crippen LogP contribution is 2.46. The molecule has 1 fully saturated rings. The molecule has 2 unspecified atom stereocenters. The number of nitrogens with one attached hydrogen (secondary N) is 3. The topological polar surface area (TPSA) is 91.4 Å². The molecular weight excluding hydrogens is 584 g/mol. The van der Waals surface area contributed by atoms with Crippen molar-refractivity contribution in [3.63, 3.8) is 0 Å². The van der Waals surface area contributed by atoms with Crippen LogP contribution in [0.5, 0.6) is 5.75 Å². The van der Waals surface area contributed by atoms with Crippen molar-refractivity contribution >= 4 is 52.2 Å². The van der Waals surface area contributed by atoms with Crippen LogP contribution in [-0.2, 0) is 0 Å². The quantitative estimate of drug-likeness (QED) is 0.208. The molecular formula is C36H35ClN6O2. The van der Waals surface area contributed by atoms with Crippen molar-refractivity contribution in [1.82, 2.24) is 15.3 Å². The molecule has 7 rings (SSSR count). The lowest BCUT2D eigenvalue weighted by Crippen LogP contribution is -2.59. The fraction of sp³-hybridized carbons (Fsp3) is 0.250. The Balaban J connectivity index is 1.28. The van der Waals surface area contributed by atoms with Gasteiger partial charge in [0, 0.05) is 57.6 Å². The summed E-state index contributed by atoms with van der Waals surface area (Å²) in [6.45, 7) is 12.4. The summed E-state index contributed by atoms with van der Waals surface area (Å²) in [5, 5.41) is 10.9. The fourth-order valence-corrected chi connectivity index (χ4v) is 6.70. The van der Waals surface area contributed by atoms with Crippen LogP contribution < -0.4 is 25.6 Å². The van der Waals surface area contributed by atoms with E-state index < -0.39 is 11.6 Å². The minimum absolute atomic E-state index is 0.0705. The van der Waals surface area contributed by atoms with Crippen LogP contribution in [0, 0.1) is 6.92 Å². The van der Waals surface area contributed by atoms with Gasteiger partial charge in [-0.1, -0.05) is 42.4 Å². The van der Waals surface area contributed by atoms with Crippen LogP contribution in [0.4, 0.5) is 23.1 Å². The predicted molar refractivity (Wildman–Crippen MR) is 182 cm³/mol. The Hall–Kier alpha value is -4.66. The van der Waals surface area contributed by atoms with Crippen LogP contribution in [-0.4, -0.2) is 46.5 Å². The fourth-order valence-electron chi connectivity index (χ4n) is 6.37. The molecule has 0 amide bonds. The molecule has 228 valence electrons. The van der Waals surface area contributed by atoms with Gasteiger partial charge in [0.2, 0.25) is 5.95 Å². The summed E-state index contributed by atoms with van der Waals surface area (Å²) in [6.07, 6.45) is 4.86. The largest absolute Gasteiger partial charge is 0.484 e. The zero-order chi connectivity index (χ0) is 31.3. The number of allylic oxidation sites excluding steroid dienone is 1. The number of benzene rings is 3. The third kappa shape index (κ3) is 5.45. The number of halogens is 1. The number of hydrogen-bond acceptors (Lipinski definition) is 8. The number of carbonyl (C=O) groups excluding carboxylic acids is 1. The molecule has 4 aromatic rings. The van der Waals surface area contributed by atoms with Crippen molar-refractivity contribution in [2.45, 2.75) is 44.9 Å². The summed E-state index contributed by atoms with van der Waals surface area (Å²) in [5.41, 5.74) is 5.52. The van der Waals surface area contributed by atoms with E-state index in [-0.39, 0.29) is 5.78 Å². The average Bonchev–Trinajstić information content (AvgIpc) is 3.52. The number of ketones is 1. The highest BCUT2D eigenvalue weighted by molar-refractivity contribution is 6.33. The van der Waals surface area contributed by atoms with Crippen molar-refractivity contribution < 1.29 is 9.53 Å². The van der Waals surface area contributed by atoms with Gasteiger partial charge in [-0.15, -0.1) is 0 Å². The molecule has 9 heteroatoms. The first-order valence-corrected chi connectivity index (χ1v) is 15.6. The Morgan fingerprint density at radius 2 is 1.84 bits per heavy atom. The standard InChI is InChI=1S/C36H35ClN6O2/c1-21-9-14-27(30(37)17-21)29-18-23-19-39-35(41-25-12-10-24(11-13-25)40-26-15-16-38-20-26)42-34(23)43(22(29)2)33-32(44)28-7-5-6-8-31(28)45-36(33,3)4/h5-14,17-19,26,33,38,40H,2,15-16,20H2,1,3-4H3,(H,39,41,42). The van der Waals surface area contributed by atoms with E-state index in [1.807, 2.05) is 92.4 Å². The smallest absolute Gasteiger partial charge is 0.229 e. The van der Waals surface area contributed by atoms with Gasteiger partial charge in [-0.05, 0) is 87.8 Å². The van der Waals surface area contributed by atoms with Crippen LogP contribution in [0.15, 0.2) is 85.2 Å². The number of Topliss-reactive ketones (excluding diaryl/α,β-unsaturated/α-hetero) is 1. The third-order valence-electron chi connectivity index (χ3n) is 8.60. The lowest BCUT2D eigenvalue weighted by Gasteiger charge is -2.47. The van der Waals surface area contributed by atoms with E-state index in [2.05, 4.69) is 27.5 Å². The number of aryl methyl sites for hydroxylation is 1. The Bertz CT molecular complexity index is 1850. The molecule has 0 saturated carbocycles. The molecule has 0 radical (unpaired) electrons. The molecule has 3 aliphatic heterocycles. The maximum Gasteiger partial charge on any atom is 0.229 e. The number of anilines is 4.